The van der Waals surface area contributed by atoms with Crippen molar-refractivity contribution in [3.05, 3.63) is 89.2 Å². The molecule has 2 aromatic carbocycles. The largest absolute Gasteiger partial charge is 0.356 e. The van der Waals surface area contributed by atoms with Gasteiger partial charge >= 0.3 is 0 Å². The fourth-order valence-electron chi connectivity index (χ4n) is 2.67. The van der Waals surface area contributed by atoms with E-state index in [0.717, 1.165) is 24.3 Å². The standard InChI is InChI=1S/C18H14F4N2/c19-11-3-5-14(15(21)8-11)18(23)7-1-2-13(10-18)24-17-6-4-12(20)9-16(17)22/h1-9,24H,10,23H2. The predicted octanol–water partition coefficient (Wildman–Crippen LogP) is 4.35. The van der Waals surface area contributed by atoms with Crippen molar-refractivity contribution in [2.45, 2.75) is 12.0 Å². The number of anilines is 1. The highest BCUT2D eigenvalue weighted by atomic mass is 19.1. The van der Waals surface area contributed by atoms with Crippen LogP contribution in [0.5, 0.6) is 0 Å². The van der Waals surface area contributed by atoms with Crippen molar-refractivity contribution < 1.29 is 17.6 Å². The molecule has 1 atom stereocenters. The van der Waals surface area contributed by atoms with Crippen LogP contribution in [0.15, 0.2) is 60.3 Å². The first-order valence-corrected chi connectivity index (χ1v) is 7.22. The maximum absolute atomic E-state index is 14.0. The number of rotatable bonds is 3. The minimum absolute atomic E-state index is 0.0832. The van der Waals surface area contributed by atoms with Crippen LogP contribution in [0.25, 0.3) is 0 Å². The summed E-state index contributed by atoms with van der Waals surface area (Å²) in [6, 6.07) is 6.34. The molecule has 24 heavy (non-hydrogen) atoms. The number of nitrogens with two attached hydrogens (primary N) is 1. The lowest BCUT2D eigenvalue weighted by Crippen LogP contribution is -2.38. The lowest BCUT2D eigenvalue weighted by Gasteiger charge is -2.31. The highest BCUT2D eigenvalue weighted by molar-refractivity contribution is 5.52. The molecule has 3 N–H and O–H groups in total. The third-order valence-corrected chi connectivity index (χ3v) is 3.83. The van der Waals surface area contributed by atoms with Gasteiger partial charge < -0.3 is 11.1 Å². The lowest BCUT2D eigenvalue weighted by atomic mass is 9.83. The molecule has 3 rings (SSSR count). The monoisotopic (exact) mass is 334 g/mol. The predicted molar refractivity (Wildman–Crippen MR) is 84.0 cm³/mol. The second-order valence-electron chi connectivity index (χ2n) is 5.64. The Balaban J connectivity index is 1.86. The molecule has 1 aliphatic carbocycles. The van der Waals surface area contributed by atoms with Crippen LogP contribution in [-0.2, 0) is 5.54 Å². The van der Waals surface area contributed by atoms with E-state index in [9.17, 15) is 17.6 Å². The molecule has 0 bridgehead atoms. The first-order valence-electron chi connectivity index (χ1n) is 7.22. The summed E-state index contributed by atoms with van der Waals surface area (Å²) in [6.45, 7) is 0. The molecule has 0 saturated carbocycles. The van der Waals surface area contributed by atoms with Gasteiger partial charge in [-0.2, -0.15) is 0 Å². The van der Waals surface area contributed by atoms with Crippen molar-refractivity contribution in [3.8, 4) is 0 Å². The van der Waals surface area contributed by atoms with Crippen LogP contribution in [0.4, 0.5) is 23.2 Å². The number of halogens is 4. The lowest BCUT2D eigenvalue weighted by molar-refractivity contribution is 0.493. The van der Waals surface area contributed by atoms with Crippen molar-refractivity contribution in [2.24, 2.45) is 5.73 Å². The molecule has 1 unspecified atom stereocenters. The summed E-state index contributed by atoms with van der Waals surface area (Å²) in [7, 11) is 0. The molecule has 0 spiro atoms. The zero-order valence-corrected chi connectivity index (χ0v) is 12.5. The van der Waals surface area contributed by atoms with E-state index in [1.807, 2.05) is 0 Å². The van der Waals surface area contributed by atoms with Gasteiger partial charge in [0.25, 0.3) is 0 Å². The summed E-state index contributed by atoms with van der Waals surface area (Å²) >= 11 is 0. The average Bonchev–Trinajstić information content (AvgIpc) is 2.50. The normalized spacial score (nSPS) is 20.0. The molecular weight excluding hydrogens is 320 g/mol. The summed E-state index contributed by atoms with van der Waals surface area (Å²) in [5.41, 5.74) is 5.79. The molecule has 0 heterocycles. The Morgan fingerprint density at radius 1 is 0.917 bits per heavy atom. The zero-order chi connectivity index (χ0) is 17.3. The third-order valence-electron chi connectivity index (χ3n) is 3.83. The van der Waals surface area contributed by atoms with Crippen LogP contribution < -0.4 is 11.1 Å². The maximum atomic E-state index is 14.0. The summed E-state index contributed by atoms with van der Waals surface area (Å²) in [5, 5.41) is 2.82. The van der Waals surface area contributed by atoms with Gasteiger partial charge in [0.1, 0.15) is 23.3 Å². The van der Waals surface area contributed by atoms with E-state index in [4.69, 9.17) is 5.73 Å². The molecule has 2 aromatic rings. The van der Waals surface area contributed by atoms with Crippen molar-refractivity contribution in [3.63, 3.8) is 0 Å². The van der Waals surface area contributed by atoms with Gasteiger partial charge in [0, 0.05) is 29.8 Å². The smallest absolute Gasteiger partial charge is 0.149 e. The number of benzene rings is 2. The van der Waals surface area contributed by atoms with Crippen molar-refractivity contribution >= 4 is 5.69 Å². The van der Waals surface area contributed by atoms with E-state index in [1.54, 1.807) is 18.2 Å². The molecule has 0 saturated heterocycles. The van der Waals surface area contributed by atoms with Gasteiger partial charge in [-0.15, -0.1) is 0 Å². The highest BCUT2D eigenvalue weighted by Crippen LogP contribution is 2.33. The van der Waals surface area contributed by atoms with Crippen molar-refractivity contribution in [1.82, 2.24) is 0 Å². The SMILES string of the molecule is NC1(c2ccc(F)cc2F)C=CC=C(Nc2ccc(F)cc2F)C1. The number of hydrogen-bond donors (Lipinski definition) is 2. The Hall–Kier alpha value is -2.60. The number of hydrogen-bond acceptors (Lipinski definition) is 2. The molecule has 6 heteroatoms. The zero-order valence-electron chi connectivity index (χ0n) is 12.5. The fraction of sp³-hybridized carbons (Fsp3) is 0.111. The second kappa shape index (κ2) is 6.13. The Morgan fingerprint density at radius 3 is 2.25 bits per heavy atom. The molecule has 124 valence electrons. The minimum atomic E-state index is -1.20. The maximum Gasteiger partial charge on any atom is 0.149 e. The molecule has 0 aromatic heterocycles. The van der Waals surface area contributed by atoms with E-state index in [1.165, 1.54) is 12.1 Å². The van der Waals surface area contributed by atoms with Crippen LogP contribution in [0, 0.1) is 23.3 Å². The van der Waals surface area contributed by atoms with E-state index in [-0.39, 0.29) is 17.7 Å². The highest BCUT2D eigenvalue weighted by Gasteiger charge is 2.30. The summed E-state index contributed by atoms with van der Waals surface area (Å²) in [6.07, 6.45) is 5.00. The van der Waals surface area contributed by atoms with Gasteiger partial charge in [-0.25, -0.2) is 17.6 Å². The third kappa shape index (κ3) is 3.19. The second-order valence-corrected chi connectivity index (χ2v) is 5.64. The van der Waals surface area contributed by atoms with E-state index in [0.29, 0.717) is 5.70 Å². The summed E-state index contributed by atoms with van der Waals surface area (Å²) in [4.78, 5) is 0. The van der Waals surface area contributed by atoms with Gasteiger partial charge in [0.2, 0.25) is 0 Å². The van der Waals surface area contributed by atoms with Crippen molar-refractivity contribution in [2.75, 3.05) is 5.32 Å². The van der Waals surface area contributed by atoms with E-state index < -0.39 is 28.8 Å². The quantitative estimate of drug-likeness (QED) is 0.819. The van der Waals surface area contributed by atoms with Gasteiger partial charge in [0.15, 0.2) is 0 Å². The van der Waals surface area contributed by atoms with Gasteiger partial charge in [0.05, 0.1) is 11.2 Å². The average molecular weight is 334 g/mol. The Bertz CT molecular complexity index is 845. The molecule has 2 nitrogen and oxygen atoms in total. The van der Waals surface area contributed by atoms with Crippen LogP contribution in [0.3, 0.4) is 0 Å². The molecule has 0 amide bonds. The van der Waals surface area contributed by atoms with E-state index in [2.05, 4.69) is 5.32 Å². The van der Waals surface area contributed by atoms with Gasteiger partial charge in [-0.3, -0.25) is 0 Å². The van der Waals surface area contributed by atoms with Crippen LogP contribution in [0.1, 0.15) is 12.0 Å². The number of allylic oxidation sites excluding steroid dienone is 2. The van der Waals surface area contributed by atoms with Crippen LogP contribution in [0.2, 0.25) is 0 Å². The first-order chi connectivity index (χ1) is 11.4. The minimum Gasteiger partial charge on any atom is -0.356 e. The molecular formula is C18H14F4N2. The molecule has 0 fully saturated rings. The van der Waals surface area contributed by atoms with E-state index >= 15 is 0 Å². The molecule has 0 radical (unpaired) electrons. The topological polar surface area (TPSA) is 38.0 Å². The Morgan fingerprint density at radius 2 is 1.58 bits per heavy atom. The first kappa shape index (κ1) is 16.3. The number of nitrogens with one attached hydrogen (secondary N) is 1. The summed E-state index contributed by atoms with van der Waals surface area (Å²) in [5.74, 6) is -2.88. The Labute approximate surface area is 136 Å². The fourth-order valence-corrected chi connectivity index (χ4v) is 2.67. The summed E-state index contributed by atoms with van der Waals surface area (Å²) < 4.78 is 53.8. The molecule has 1 aliphatic rings. The van der Waals surface area contributed by atoms with Gasteiger partial charge in [-0.1, -0.05) is 18.2 Å². The molecule has 0 aliphatic heterocycles. The van der Waals surface area contributed by atoms with Crippen LogP contribution >= 0.6 is 0 Å². The van der Waals surface area contributed by atoms with Gasteiger partial charge in [-0.05, 0) is 24.3 Å². The van der Waals surface area contributed by atoms with Crippen molar-refractivity contribution in [1.29, 1.82) is 0 Å². The van der Waals surface area contributed by atoms with Crippen LogP contribution in [-0.4, -0.2) is 0 Å². The Kier molecular flexibility index (Phi) is 4.15.